The molecule has 0 aliphatic rings. The van der Waals surface area contributed by atoms with Gasteiger partial charge in [0.1, 0.15) is 11.6 Å². The van der Waals surface area contributed by atoms with Gasteiger partial charge in [0.2, 0.25) is 5.91 Å². The van der Waals surface area contributed by atoms with Crippen LogP contribution in [0.25, 0.3) is 0 Å². The predicted molar refractivity (Wildman–Crippen MR) is 90.9 cm³/mol. The normalized spacial score (nSPS) is 11.6. The van der Waals surface area contributed by atoms with Crippen LogP contribution in [0.2, 0.25) is 0 Å². The first-order valence-electron chi connectivity index (χ1n) is 8.08. The van der Waals surface area contributed by atoms with E-state index in [1.54, 1.807) is 0 Å². The summed E-state index contributed by atoms with van der Waals surface area (Å²) in [5.74, 6) is -2.87. The van der Waals surface area contributed by atoms with Gasteiger partial charge in [0, 0.05) is 6.07 Å². The topological polar surface area (TPSA) is 58.2 Å². The van der Waals surface area contributed by atoms with E-state index in [2.05, 4.69) is 10.6 Å². The lowest BCUT2D eigenvalue weighted by atomic mass is 10.0. The zero-order chi connectivity index (χ0) is 18.2. The third-order valence-corrected chi connectivity index (χ3v) is 3.70. The zero-order valence-corrected chi connectivity index (χ0v) is 13.9. The van der Waals surface area contributed by atoms with Crippen LogP contribution in [0.4, 0.5) is 8.78 Å². The quantitative estimate of drug-likeness (QED) is 0.808. The first kappa shape index (κ1) is 18.6. The highest BCUT2D eigenvalue weighted by atomic mass is 19.1. The molecule has 0 fully saturated rings. The molecule has 1 atom stereocenters. The summed E-state index contributed by atoms with van der Waals surface area (Å²) in [6, 6.07) is 12.0. The fourth-order valence-electron chi connectivity index (χ4n) is 2.47. The van der Waals surface area contributed by atoms with Crippen LogP contribution in [0.15, 0.2) is 48.5 Å². The largest absolute Gasteiger partial charge is 0.348 e. The van der Waals surface area contributed by atoms with Crippen molar-refractivity contribution in [2.75, 3.05) is 6.54 Å². The molecule has 0 aliphatic heterocycles. The summed E-state index contributed by atoms with van der Waals surface area (Å²) in [6.07, 6.45) is 1.64. The second kappa shape index (κ2) is 8.92. The van der Waals surface area contributed by atoms with Gasteiger partial charge in [0.05, 0.1) is 18.2 Å². The molecule has 0 heterocycles. The molecule has 6 heteroatoms. The molecule has 1 unspecified atom stereocenters. The number of benzene rings is 2. The molecule has 0 aromatic heterocycles. The number of amides is 2. The van der Waals surface area contributed by atoms with Crippen molar-refractivity contribution in [2.45, 2.75) is 25.8 Å². The van der Waals surface area contributed by atoms with Crippen molar-refractivity contribution in [2.24, 2.45) is 0 Å². The van der Waals surface area contributed by atoms with E-state index in [4.69, 9.17) is 0 Å². The van der Waals surface area contributed by atoms with Gasteiger partial charge in [-0.3, -0.25) is 9.59 Å². The molecule has 2 aromatic carbocycles. The third kappa shape index (κ3) is 5.38. The van der Waals surface area contributed by atoms with Crippen molar-refractivity contribution >= 4 is 11.8 Å². The van der Waals surface area contributed by atoms with Crippen LogP contribution in [0.1, 0.15) is 41.7 Å². The van der Waals surface area contributed by atoms with Crippen molar-refractivity contribution in [3.05, 3.63) is 71.3 Å². The van der Waals surface area contributed by atoms with Crippen LogP contribution in [0, 0.1) is 11.6 Å². The summed E-state index contributed by atoms with van der Waals surface area (Å²) in [6.45, 7) is 1.73. The Kier molecular flexibility index (Phi) is 6.62. The zero-order valence-electron chi connectivity index (χ0n) is 13.9. The van der Waals surface area contributed by atoms with Gasteiger partial charge in [-0.25, -0.2) is 8.78 Å². The Morgan fingerprint density at radius 3 is 2.44 bits per heavy atom. The molecule has 0 bridgehead atoms. The average Bonchev–Trinajstić information content (AvgIpc) is 2.60. The molecule has 2 N–H and O–H groups in total. The molecule has 2 rings (SSSR count). The molecule has 0 saturated heterocycles. The average molecular weight is 346 g/mol. The standard InChI is InChI=1S/C19H20F2N2O2/c1-2-6-17(13-7-4-3-5-8-13)23-18(24)12-22-19(25)15-10-9-14(20)11-16(15)21/h3-5,7-11,17H,2,6,12H2,1H3,(H,22,25)(H,23,24). The molecule has 2 aromatic rings. The number of hydrogen-bond donors (Lipinski definition) is 2. The molecule has 0 aliphatic carbocycles. The van der Waals surface area contributed by atoms with Crippen LogP contribution in [0.5, 0.6) is 0 Å². The fourth-order valence-corrected chi connectivity index (χ4v) is 2.47. The van der Waals surface area contributed by atoms with Gasteiger partial charge in [0.25, 0.3) is 5.91 Å². The lowest BCUT2D eigenvalue weighted by Crippen LogP contribution is -2.38. The number of nitrogens with one attached hydrogen (secondary N) is 2. The van der Waals surface area contributed by atoms with E-state index in [1.807, 2.05) is 37.3 Å². The summed E-state index contributed by atoms with van der Waals surface area (Å²) >= 11 is 0. The highest BCUT2D eigenvalue weighted by Crippen LogP contribution is 2.17. The molecule has 0 saturated carbocycles. The minimum absolute atomic E-state index is 0.154. The Hall–Kier alpha value is -2.76. The van der Waals surface area contributed by atoms with Crippen LogP contribution in [-0.4, -0.2) is 18.4 Å². The molecule has 0 spiro atoms. The first-order valence-corrected chi connectivity index (χ1v) is 8.08. The van der Waals surface area contributed by atoms with E-state index < -0.39 is 17.5 Å². The summed E-state index contributed by atoms with van der Waals surface area (Å²) in [5, 5.41) is 5.20. The monoisotopic (exact) mass is 346 g/mol. The first-order chi connectivity index (χ1) is 12.0. The van der Waals surface area contributed by atoms with E-state index in [1.165, 1.54) is 0 Å². The smallest absolute Gasteiger partial charge is 0.254 e. The van der Waals surface area contributed by atoms with Crippen molar-refractivity contribution in [3.63, 3.8) is 0 Å². The maximum Gasteiger partial charge on any atom is 0.254 e. The number of rotatable bonds is 7. The maximum absolute atomic E-state index is 13.6. The third-order valence-electron chi connectivity index (χ3n) is 3.70. The van der Waals surface area contributed by atoms with Gasteiger partial charge in [-0.1, -0.05) is 43.7 Å². The molecule has 25 heavy (non-hydrogen) atoms. The van der Waals surface area contributed by atoms with Gasteiger partial charge in [-0.15, -0.1) is 0 Å². The minimum atomic E-state index is -0.967. The summed E-state index contributed by atoms with van der Waals surface area (Å²) in [7, 11) is 0. The molecular formula is C19H20F2N2O2. The van der Waals surface area contributed by atoms with Gasteiger partial charge < -0.3 is 10.6 Å². The van der Waals surface area contributed by atoms with Crippen molar-refractivity contribution in [1.29, 1.82) is 0 Å². The van der Waals surface area contributed by atoms with Crippen LogP contribution in [0.3, 0.4) is 0 Å². The van der Waals surface area contributed by atoms with E-state index in [0.29, 0.717) is 6.07 Å². The highest BCUT2D eigenvalue weighted by molar-refractivity contribution is 5.96. The van der Waals surface area contributed by atoms with Gasteiger partial charge in [-0.2, -0.15) is 0 Å². The Morgan fingerprint density at radius 1 is 1.08 bits per heavy atom. The summed E-state index contributed by atoms with van der Waals surface area (Å²) < 4.78 is 26.4. The van der Waals surface area contributed by atoms with Gasteiger partial charge in [-0.05, 0) is 24.1 Å². The Morgan fingerprint density at radius 2 is 1.80 bits per heavy atom. The Bertz CT molecular complexity index is 735. The maximum atomic E-state index is 13.6. The van der Waals surface area contributed by atoms with Crippen molar-refractivity contribution in [3.8, 4) is 0 Å². The summed E-state index contributed by atoms with van der Waals surface area (Å²) in [4.78, 5) is 24.0. The van der Waals surface area contributed by atoms with Crippen LogP contribution < -0.4 is 10.6 Å². The fraction of sp³-hybridized carbons (Fsp3) is 0.263. The molecule has 132 valence electrons. The molecular weight excluding hydrogens is 326 g/mol. The lowest BCUT2D eigenvalue weighted by Gasteiger charge is -2.19. The van der Waals surface area contributed by atoms with Gasteiger partial charge >= 0.3 is 0 Å². The number of carbonyl (C=O) groups is 2. The SMILES string of the molecule is CCCC(NC(=O)CNC(=O)c1ccc(F)cc1F)c1ccccc1. The van der Waals surface area contributed by atoms with Crippen LogP contribution in [-0.2, 0) is 4.79 Å². The molecule has 2 amide bonds. The van der Waals surface area contributed by atoms with E-state index >= 15 is 0 Å². The summed E-state index contributed by atoms with van der Waals surface area (Å²) in [5.41, 5.74) is 0.677. The Balaban J connectivity index is 1.93. The lowest BCUT2D eigenvalue weighted by molar-refractivity contribution is -0.120. The molecule has 0 radical (unpaired) electrons. The number of halogens is 2. The highest BCUT2D eigenvalue weighted by Gasteiger charge is 2.16. The van der Waals surface area contributed by atoms with Crippen molar-refractivity contribution < 1.29 is 18.4 Å². The Labute approximate surface area is 145 Å². The minimum Gasteiger partial charge on any atom is -0.348 e. The van der Waals surface area contributed by atoms with Crippen LogP contribution >= 0.6 is 0 Å². The second-order valence-electron chi connectivity index (χ2n) is 5.63. The molecule has 4 nitrogen and oxygen atoms in total. The van der Waals surface area contributed by atoms with E-state index in [0.717, 1.165) is 30.5 Å². The van der Waals surface area contributed by atoms with Gasteiger partial charge in [0.15, 0.2) is 0 Å². The predicted octanol–water partition coefficient (Wildman–Crippen LogP) is 3.35. The van der Waals surface area contributed by atoms with E-state index in [9.17, 15) is 18.4 Å². The number of hydrogen-bond acceptors (Lipinski definition) is 2. The second-order valence-corrected chi connectivity index (χ2v) is 5.63. The van der Waals surface area contributed by atoms with Crippen molar-refractivity contribution in [1.82, 2.24) is 10.6 Å². The number of carbonyl (C=O) groups excluding carboxylic acids is 2. The van der Waals surface area contributed by atoms with E-state index in [-0.39, 0.29) is 24.1 Å².